The molecule has 6 N–H and O–H groups in total. The van der Waals surface area contributed by atoms with Gasteiger partial charge in [-0.05, 0) is 35.8 Å². The van der Waals surface area contributed by atoms with Gasteiger partial charge in [-0.25, -0.2) is 0 Å². The number of hydrogen-bond donors (Lipinski definition) is 2. The Kier molecular flexibility index (Phi) is 19.6. The molecule has 0 aromatic heterocycles. The molecular formula is C12H24N2O6P2. The molecule has 1 rings (SSSR count). The number of benzene rings is 1. The van der Waals surface area contributed by atoms with E-state index in [0.29, 0.717) is 12.8 Å². The summed E-state index contributed by atoms with van der Waals surface area (Å²) in [6, 6.07) is 8.48. The van der Waals surface area contributed by atoms with Crippen molar-refractivity contribution in [3.8, 4) is 0 Å². The van der Waals surface area contributed by atoms with Crippen LogP contribution in [0.25, 0.3) is 0 Å². The quantitative estimate of drug-likeness (QED) is 0.555. The van der Waals surface area contributed by atoms with Crippen LogP contribution in [0.4, 0.5) is 0 Å². The zero-order valence-electron chi connectivity index (χ0n) is 12.9. The van der Waals surface area contributed by atoms with Gasteiger partial charge in [0.2, 0.25) is 0 Å². The summed E-state index contributed by atoms with van der Waals surface area (Å²) in [5.74, 6) is 0. The van der Waals surface area contributed by atoms with Gasteiger partial charge < -0.3 is 22.1 Å². The molecule has 0 spiro atoms. The lowest BCUT2D eigenvalue weighted by Gasteiger charge is -1.93. The van der Waals surface area contributed by atoms with Gasteiger partial charge in [-0.3, -0.25) is 0 Å². The van der Waals surface area contributed by atoms with Crippen molar-refractivity contribution in [3.63, 3.8) is 0 Å². The smallest absolute Gasteiger partial charge is 0.488 e. The van der Waals surface area contributed by atoms with Gasteiger partial charge in [0, 0.05) is 0 Å². The molecule has 8 nitrogen and oxygen atoms in total. The summed E-state index contributed by atoms with van der Waals surface area (Å²) in [4.78, 5) is 19.7. The monoisotopic (exact) mass is 354 g/mol. The van der Waals surface area contributed by atoms with E-state index in [2.05, 4.69) is 47.2 Å². The molecule has 10 heteroatoms. The van der Waals surface area contributed by atoms with E-state index >= 15 is 0 Å². The second kappa shape index (κ2) is 16.5. The maximum Gasteiger partial charge on any atom is 0.488 e. The van der Waals surface area contributed by atoms with Gasteiger partial charge in [-0.2, -0.15) is 0 Å². The molecule has 0 saturated heterocycles. The van der Waals surface area contributed by atoms with Gasteiger partial charge in [0.25, 0.3) is 0 Å². The fraction of sp³-hybridized carbons (Fsp3) is 0.500. The first kappa shape index (κ1) is 26.1. The highest BCUT2D eigenvalue weighted by molar-refractivity contribution is 7.30. The predicted octanol–water partition coefficient (Wildman–Crippen LogP) is 2.46. The minimum atomic E-state index is -2.79. The number of unbranched alkanes of at least 4 members (excludes halogenated alkanes) is 1. The molecule has 1 aromatic carbocycles. The van der Waals surface area contributed by atoms with E-state index in [0.717, 1.165) is 0 Å². The fourth-order valence-corrected chi connectivity index (χ4v) is 1.68. The second-order valence-corrected chi connectivity index (χ2v) is 5.39. The Morgan fingerprint density at radius 1 is 0.818 bits per heavy atom. The summed E-state index contributed by atoms with van der Waals surface area (Å²) in [7, 11) is -5.59. The largest absolute Gasteiger partial charge is 0.566 e. The maximum atomic E-state index is 9.83. The Bertz CT molecular complexity index is 378. The molecule has 22 heavy (non-hydrogen) atoms. The van der Waals surface area contributed by atoms with Crippen molar-refractivity contribution in [2.24, 2.45) is 0 Å². The first-order chi connectivity index (χ1) is 9.41. The standard InChI is InChI=1S/C8H10.C4H8O6P2.2H3N/c1-7-3-5-8(2)6-4-7;5-11(6)9-3-1-2-4-10-12(7)8;;/h3-6H,1-2H3;1-4H2;2*1H3. The third-order valence-corrected chi connectivity index (χ3v) is 2.94. The van der Waals surface area contributed by atoms with Crippen molar-refractivity contribution >= 4 is 16.5 Å². The molecular weight excluding hydrogens is 330 g/mol. The van der Waals surface area contributed by atoms with Gasteiger partial charge in [0.15, 0.2) is 0 Å². The number of rotatable bonds is 7. The van der Waals surface area contributed by atoms with E-state index in [1.165, 1.54) is 11.1 Å². The lowest BCUT2D eigenvalue weighted by molar-refractivity contribution is -0.187. The van der Waals surface area contributed by atoms with E-state index in [4.69, 9.17) is 0 Å². The Morgan fingerprint density at radius 3 is 1.32 bits per heavy atom. The summed E-state index contributed by atoms with van der Waals surface area (Å²) >= 11 is 0. The highest BCUT2D eigenvalue weighted by atomic mass is 31.1. The SMILES string of the molecule is Cc1ccc(C)cc1.N.N.O=[P+]([O-])OCCCCO[P+](=O)[O-]. The van der Waals surface area contributed by atoms with E-state index in [-0.39, 0.29) is 25.5 Å². The Labute approximate surface area is 132 Å². The van der Waals surface area contributed by atoms with Crippen LogP contribution in [-0.2, 0) is 18.2 Å². The molecule has 0 amide bonds. The van der Waals surface area contributed by atoms with Crippen LogP contribution in [0.5, 0.6) is 0 Å². The molecule has 0 aliphatic heterocycles. The molecule has 128 valence electrons. The van der Waals surface area contributed by atoms with Crippen molar-refractivity contribution in [1.29, 1.82) is 0 Å². The fourth-order valence-electron chi connectivity index (χ4n) is 1.12. The second-order valence-electron chi connectivity index (χ2n) is 3.98. The lowest BCUT2D eigenvalue weighted by Crippen LogP contribution is -1.98. The maximum absolute atomic E-state index is 9.83. The van der Waals surface area contributed by atoms with Crippen LogP contribution in [0.1, 0.15) is 24.0 Å². The van der Waals surface area contributed by atoms with Gasteiger partial charge >= 0.3 is 16.5 Å². The summed E-state index contributed by atoms with van der Waals surface area (Å²) in [5.41, 5.74) is 2.66. The zero-order valence-corrected chi connectivity index (χ0v) is 14.7. The molecule has 0 aliphatic carbocycles. The minimum absolute atomic E-state index is 0. The van der Waals surface area contributed by atoms with Crippen LogP contribution in [-0.4, -0.2) is 13.2 Å². The average molecular weight is 354 g/mol. The van der Waals surface area contributed by atoms with Gasteiger partial charge in [-0.1, -0.05) is 35.4 Å². The van der Waals surface area contributed by atoms with Gasteiger partial charge in [0.05, 0.1) is 0 Å². The predicted molar refractivity (Wildman–Crippen MR) is 82.3 cm³/mol. The Morgan fingerprint density at radius 2 is 1.09 bits per heavy atom. The summed E-state index contributed by atoms with van der Waals surface area (Å²) in [6.45, 7) is 4.33. The van der Waals surface area contributed by atoms with E-state index < -0.39 is 16.5 Å². The number of hydrogen-bond acceptors (Lipinski definition) is 8. The van der Waals surface area contributed by atoms with E-state index in [9.17, 15) is 18.9 Å². The molecule has 0 fully saturated rings. The van der Waals surface area contributed by atoms with Crippen LogP contribution >= 0.6 is 16.5 Å². The van der Waals surface area contributed by atoms with Crippen LogP contribution in [0.15, 0.2) is 24.3 Å². The van der Waals surface area contributed by atoms with Crippen molar-refractivity contribution in [2.75, 3.05) is 13.2 Å². The topological polar surface area (TPSA) is 169 Å². The summed E-state index contributed by atoms with van der Waals surface area (Å²) in [5, 5.41) is 0. The van der Waals surface area contributed by atoms with Crippen LogP contribution in [0, 0.1) is 13.8 Å². The average Bonchev–Trinajstić information content (AvgIpc) is 2.37. The highest BCUT2D eigenvalue weighted by Crippen LogP contribution is 2.12. The van der Waals surface area contributed by atoms with Crippen molar-refractivity contribution in [1.82, 2.24) is 12.3 Å². The first-order valence-electron chi connectivity index (χ1n) is 5.99. The van der Waals surface area contributed by atoms with Gasteiger partial charge in [-0.15, -0.1) is 9.05 Å². The molecule has 1 aromatic rings. The van der Waals surface area contributed by atoms with Crippen molar-refractivity contribution in [2.45, 2.75) is 26.7 Å². The van der Waals surface area contributed by atoms with E-state index in [1.807, 2.05) is 0 Å². The Balaban J connectivity index is -0.000000318. The minimum Gasteiger partial charge on any atom is -0.566 e. The zero-order chi connectivity index (χ0) is 15.4. The highest BCUT2D eigenvalue weighted by Gasteiger charge is 2.02. The molecule has 2 unspecified atom stereocenters. The lowest BCUT2D eigenvalue weighted by atomic mass is 10.2. The third kappa shape index (κ3) is 19.2. The molecule has 0 heterocycles. The van der Waals surface area contributed by atoms with E-state index in [1.54, 1.807) is 0 Å². The van der Waals surface area contributed by atoms with Crippen LogP contribution < -0.4 is 22.1 Å². The summed E-state index contributed by atoms with van der Waals surface area (Å²) < 4.78 is 28.0. The molecule has 2 atom stereocenters. The normalized spacial score (nSPS) is 10.4. The third-order valence-electron chi connectivity index (χ3n) is 2.15. The molecule has 0 radical (unpaired) electrons. The molecule has 0 saturated carbocycles. The van der Waals surface area contributed by atoms with Crippen molar-refractivity contribution in [3.05, 3.63) is 35.4 Å². The van der Waals surface area contributed by atoms with Gasteiger partial charge in [0.1, 0.15) is 13.2 Å². The first-order valence-corrected chi connectivity index (χ1v) is 8.19. The number of aryl methyl sites for hydroxylation is 2. The van der Waals surface area contributed by atoms with Crippen LogP contribution in [0.2, 0.25) is 0 Å². The Hall–Kier alpha value is -0.820. The van der Waals surface area contributed by atoms with Crippen LogP contribution in [0.3, 0.4) is 0 Å². The molecule has 0 bridgehead atoms. The van der Waals surface area contributed by atoms with Crippen molar-refractivity contribution < 1.29 is 28.0 Å². The summed E-state index contributed by atoms with van der Waals surface area (Å²) in [6.07, 6.45) is 0.902. The molecule has 0 aliphatic rings.